The summed E-state index contributed by atoms with van der Waals surface area (Å²) in [5.41, 5.74) is 8.10. The second kappa shape index (κ2) is 6.61. The van der Waals surface area contributed by atoms with Gasteiger partial charge in [-0.3, -0.25) is 4.79 Å². The number of amides is 1. The van der Waals surface area contributed by atoms with Gasteiger partial charge in [0.2, 0.25) is 0 Å². The van der Waals surface area contributed by atoms with E-state index in [0.29, 0.717) is 17.3 Å². The molecule has 0 aromatic heterocycles. The second-order valence-electron chi connectivity index (χ2n) is 5.77. The molecule has 0 heterocycles. The van der Waals surface area contributed by atoms with Crippen molar-refractivity contribution in [3.8, 4) is 0 Å². The molecule has 3 N–H and O–H groups in total. The normalized spacial score (nSPS) is 22.6. The van der Waals surface area contributed by atoms with E-state index in [0.717, 1.165) is 28.8 Å². The first-order chi connectivity index (χ1) is 9.51. The third-order valence-electron chi connectivity index (χ3n) is 4.42. The number of carbonyl (C=O) groups excluding carboxylic acids is 1. The molecule has 0 saturated heterocycles. The van der Waals surface area contributed by atoms with Crippen molar-refractivity contribution in [2.24, 2.45) is 5.92 Å². The zero-order valence-corrected chi connectivity index (χ0v) is 13.8. The standard InChI is InChI=1S/C16H23BrN2O/c1-3-11-4-6-13(7-5-11)19-16(20)14-8-12(17)9-15(18)10(14)2/h8-9,11,13H,3-7,18H2,1-2H3,(H,19,20). The maximum atomic E-state index is 12.4. The molecule has 1 amide bonds. The Hall–Kier alpha value is -1.03. The van der Waals surface area contributed by atoms with E-state index >= 15 is 0 Å². The van der Waals surface area contributed by atoms with Gasteiger partial charge < -0.3 is 11.1 Å². The Balaban J connectivity index is 2.02. The molecule has 1 aliphatic rings. The highest BCUT2D eigenvalue weighted by Gasteiger charge is 2.22. The summed E-state index contributed by atoms with van der Waals surface area (Å²) >= 11 is 3.40. The van der Waals surface area contributed by atoms with Crippen LogP contribution >= 0.6 is 15.9 Å². The Morgan fingerprint density at radius 3 is 2.60 bits per heavy atom. The highest BCUT2D eigenvalue weighted by Crippen LogP contribution is 2.27. The van der Waals surface area contributed by atoms with Crippen molar-refractivity contribution < 1.29 is 4.79 Å². The van der Waals surface area contributed by atoms with Gasteiger partial charge in [-0.25, -0.2) is 0 Å². The minimum Gasteiger partial charge on any atom is -0.398 e. The van der Waals surface area contributed by atoms with Crippen LogP contribution in [0.5, 0.6) is 0 Å². The summed E-state index contributed by atoms with van der Waals surface area (Å²) in [6, 6.07) is 3.99. The van der Waals surface area contributed by atoms with Crippen LogP contribution < -0.4 is 11.1 Å². The molecule has 1 saturated carbocycles. The monoisotopic (exact) mass is 338 g/mol. The lowest BCUT2D eigenvalue weighted by Crippen LogP contribution is -2.37. The van der Waals surface area contributed by atoms with Crippen LogP contribution in [0.15, 0.2) is 16.6 Å². The van der Waals surface area contributed by atoms with Gasteiger partial charge in [0.15, 0.2) is 0 Å². The lowest BCUT2D eigenvalue weighted by Gasteiger charge is -2.28. The molecular weight excluding hydrogens is 316 g/mol. The molecule has 0 radical (unpaired) electrons. The lowest BCUT2D eigenvalue weighted by molar-refractivity contribution is 0.0921. The number of hydrogen-bond acceptors (Lipinski definition) is 2. The van der Waals surface area contributed by atoms with Gasteiger partial charge in [-0.2, -0.15) is 0 Å². The van der Waals surface area contributed by atoms with E-state index in [-0.39, 0.29) is 5.91 Å². The first-order valence-corrected chi connectivity index (χ1v) is 8.17. The molecule has 2 rings (SSSR count). The summed E-state index contributed by atoms with van der Waals surface area (Å²) in [5, 5.41) is 3.16. The summed E-state index contributed by atoms with van der Waals surface area (Å²) in [6.45, 7) is 4.14. The molecule has 1 aliphatic carbocycles. The number of nitrogens with one attached hydrogen (secondary N) is 1. The zero-order chi connectivity index (χ0) is 14.7. The van der Waals surface area contributed by atoms with Crippen LogP contribution in [0.4, 0.5) is 5.69 Å². The number of nitrogens with two attached hydrogens (primary N) is 1. The van der Waals surface area contributed by atoms with Gasteiger partial charge in [0.05, 0.1) is 0 Å². The number of rotatable bonds is 3. The highest BCUT2D eigenvalue weighted by atomic mass is 79.9. The van der Waals surface area contributed by atoms with E-state index in [4.69, 9.17) is 5.73 Å². The van der Waals surface area contributed by atoms with Crippen molar-refractivity contribution in [2.75, 3.05) is 5.73 Å². The van der Waals surface area contributed by atoms with Crippen LogP contribution in [0.1, 0.15) is 54.9 Å². The SMILES string of the molecule is CCC1CCC(NC(=O)c2cc(Br)cc(N)c2C)CC1. The minimum absolute atomic E-state index is 0.00421. The van der Waals surface area contributed by atoms with Gasteiger partial charge in [-0.15, -0.1) is 0 Å². The van der Waals surface area contributed by atoms with Crippen LogP contribution in [0.25, 0.3) is 0 Å². The molecule has 110 valence electrons. The van der Waals surface area contributed by atoms with E-state index in [1.807, 2.05) is 19.1 Å². The van der Waals surface area contributed by atoms with E-state index < -0.39 is 0 Å². The van der Waals surface area contributed by atoms with Gasteiger partial charge in [-0.05, 0) is 56.2 Å². The van der Waals surface area contributed by atoms with Crippen LogP contribution in [-0.4, -0.2) is 11.9 Å². The molecule has 1 aromatic rings. The zero-order valence-electron chi connectivity index (χ0n) is 12.2. The molecule has 4 heteroatoms. The van der Waals surface area contributed by atoms with Gasteiger partial charge in [0, 0.05) is 21.8 Å². The number of anilines is 1. The third kappa shape index (κ3) is 3.54. The number of halogens is 1. The highest BCUT2D eigenvalue weighted by molar-refractivity contribution is 9.10. The van der Waals surface area contributed by atoms with E-state index in [2.05, 4.69) is 28.2 Å². The van der Waals surface area contributed by atoms with Crippen molar-refractivity contribution in [1.82, 2.24) is 5.32 Å². The van der Waals surface area contributed by atoms with E-state index in [9.17, 15) is 4.79 Å². The summed E-state index contributed by atoms with van der Waals surface area (Å²) < 4.78 is 0.848. The average Bonchev–Trinajstić information content (AvgIpc) is 2.43. The summed E-state index contributed by atoms with van der Waals surface area (Å²) in [6.07, 6.45) is 5.88. The Morgan fingerprint density at radius 2 is 2.00 bits per heavy atom. The number of nitrogen functional groups attached to an aromatic ring is 1. The Kier molecular flexibility index (Phi) is 5.08. The first kappa shape index (κ1) is 15.4. The average molecular weight is 339 g/mol. The number of benzene rings is 1. The predicted molar refractivity (Wildman–Crippen MR) is 86.8 cm³/mol. The minimum atomic E-state index is -0.00421. The maximum absolute atomic E-state index is 12.4. The maximum Gasteiger partial charge on any atom is 0.251 e. The molecule has 0 atom stereocenters. The summed E-state index contributed by atoms with van der Waals surface area (Å²) in [5.74, 6) is 0.835. The molecule has 0 bridgehead atoms. The van der Waals surface area contributed by atoms with E-state index in [1.165, 1.54) is 19.3 Å². The van der Waals surface area contributed by atoms with Gasteiger partial charge in [0.1, 0.15) is 0 Å². The summed E-state index contributed by atoms with van der Waals surface area (Å²) in [7, 11) is 0. The molecule has 0 unspecified atom stereocenters. The first-order valence-electron chi connectivity index (χ1n) is 7.37. The summed E-state index contributed by atoms with van der Waals surface area (Å²) in [4.78, 5) is 12.4. The number of carbonyl (C=O) groups is 1. The van der Waals surface area contributed by atoms with Crippen molar-refractivity contribution in [3.05, 3.63) is 27.7 Å². The molecule has 1 aromatic carbocycles. The Bertz CT molecular complexity index is 493. The lowest BCUT2D eigenvalue weighted by atomic mass is 9.84. The Labute approximate surface area is 129 Å². The van der Waals surface area contributed by atoms with Crippen molar-refractivity contribution in [3.63, 3.8) is 0 Å². The Morgan fingerprint density at radius 1 is 1.35 bits per heavy atom. The smallest absolute Gasteiger partial charge is 0.251 e. The van der Waals surface area contributed by atoms with Crippen LogP contribution in [-0.2, 0) is 0 Å². The second-order valence-corrected chi connectivity index (χ2v) is 6.68. The largest absolute Gasteiger partial charge is 0.398 e. The molecule has 0 aliphatic heterocycles. The third-order valence-corrected chi connectivity index (χ3v) is 4.87. The van der Waals surface area contributed by atoms with Crippen molar-refractivity contribution in [2.45, 2.75) is 52.0 Å². The molecule has 20 heavy (non-hydrogen) atoms. The molecule has 3 nitrogen and oxygen atoms in total. The van der Waals surface area contributed by atoms with Gasteiger partial charge >= 0.3 is 0 Å². The topological polar surface area (TPSA) is 55.1 Å². The van der Waals surface area contributed by atoms with Crippen LogP contribution in [0.3, 0.4) is 0 Å². The van der Waals surface area contributed by atoms with Gasteiger partial charge in [-0.1, -0.05) is 29.3 Å². The van der Waals surface area contributed by atoms with Gasteiger partial charge in [0.25, 0.3) is 5.91 Å². The molecular formula is C16H23BrN2O. The van der Waals surface area contributed by atoms with E-state index in [1.54, 1.807) is 0 Å². The van der Waals surface area contributed by atoms with Crippen LogP contribution in [0, 0.1) is 12.8 Å². The number of hydrogen-bond donors (Lipinski definition) is 2. The quantitative estimate of drug-likeness (QED) is 0.817. The van der Waals surface area contributed by atoms with Crippen molar-refractivity contribution >= 4 is 27.5 Å². The fourth-order valence-electron chi connectivity index (χ4n) is 2.91. The molecule has 1 fully saturated rings. The fourth-order valence-corrected chi connectivity index (χ4v) is 3.39. The molecule has 0 spiro atoms. The van der Waals surface area contributed by atoms with Crippen molar-refractivity contribution in [1.29, 1.82) is 0 Å². The van der Waals surface area contributed by atoms with Crippen LogP contribution in [0.2, 0.25) is 0 Å². The fraction of sp³-hybridized carbons (Fsp3) is 0.562. The predicted octanol–water partition coefficient (Wildman–Crippen LogP) is 4.04.